The van der Waals surface area contributed by atoms with Gasteiger partial charge >= 0.3 is 5.97 Å². The molecule has 5 nitrogen and oxygen atoms in total. The number of esters is 1. The number of ether oxygens (including phenoxy) is 1. The average molecular weight is 342 g/mol. The van der Waals surface area contributed by atoms with Crippen molar-refractivity contribution in [3.63, 3.8) is 0 Å². The molecular formula is C15H13Cl2NO4. The second-order valence-corrected chi connectivity index (χ2v) is 5.17. The maximum Gasteiger partial charge on any atom is 0.306 e. The Balaban J connectivity index is 1.75. The van der Waals surface area contributed by atoms with Crippen molar-refractivity contribution in [3.05, 3.63) is 52.4 Å². The smallest absolute Gasteiger partial charge is 0.306 e. The summed E-state index contributed by atoms with van der Waals surface area (Å²) in [5, 5.41) is 3.09. The highest BCUT2D eigenvalue weighted by Crippen LogP contribution is 2.29. The van der Waals surface area contributed by atoms with E-state index in [1.165, 1.54) is 6.26 Å². The van der Waals surface area contributed by atoms with E-state index >= 15 is 0 Å². The van der Waals surface area contributed by atoms with Gasteiger partial charge in [0, 0.05) is 6.42 Å². The number of hydrogen-bond donors (Lipinski definition) is 1. The lowest BCUT2D eigenvalue weighted by Crippen LogP contribution is -2.21. The van der Waals surface area contributed by atoms with Crippen molar-refractivity contribution in [2.45, 2.75) is 12.8 Å². The predicted octanol–water partition coefficient (Wildman–Crippen LogP) is 3.70. The minimum Gasteiger partial charge on any atom is -0.469 e. The van der Waals surface area contributed by atoms with Gasteiger partial charge in [0.2, 0.25) is 0 Å². The van der Waals surface area contributed by atoms with E-state index < -0.39 is 11.9 Å². The lowest BCUT2D eigenvalue weighted by atomic mass is 10.2. The number of halogens is 2. The number of aryl methyl sites for hydroxylation is 1. The first-order valence-corrected chi connectivity index (χ1v) is 7.23. The number of carbonyl (C=O) groups excluding carboxylic acids is 2. The highest BCUT2D eigenvalue weighted by atomic mass is 35.5. The molecule has 0 saturated heterocycles. The normalized spacial score (nSPS) is 10.3. The quantitative estimate of drug-likeness (QED) is 0.813. The number of carbonyl (C=O) groups is 2. The Kier molecular flexibility index (Phi) is 5.86. The minimum atomic E-state index is -0.490. The van der Waals surface area contributed by atoms with E-state index in [0.717, 1.165) is 0 Å². The van der Waals surface area contributed by atoms with Crippen LogP contribution in [0.4, 0.5) is 5.69 Å². The van der Waals surface area contributed by atoms with E-state index in [0.29, 0.717) is 22.9 Å². The molecule has 1 aromatic carbocycles. The summed E-state index contributed by atoms with van der Waals surface area (Å²) in [7, 11) is 0. The Morgan fingerprint density at radius 1 is 1.18 bits per heavy atom. The molecule has 0 spiro atoms. The Labute approximate surface area is 137 Å². The maximum absolute atomic E-state index is 11.7. The number of rotatable bonds is 6. The number of nitrogens with one attached hydrogen (secondary N) is 1. The number of amides is 1. The van der Waals surface area contributed by atoms with Gasteiger partial charge in [-0.25, -0.2) is 0 Å². The summed E-state index contributed by atoms with van der Waals surface area (Å²) in [5.41, 5.74) is 0.366. The van der Waals surface area contributed by atoms with E-state index in [1.54, 1.807) is 30.3 Å². The van der Waals surface area contributed by atoms with E-state index in [2.05, 4.69) is 5.32 Å². The van der Waals surface area contributed by atoms with Gasteiger partial charge in [0.25, 0.3) is 5.91 Å². The van der Waals surface area contributed by atoms with E-state index in [4.69, 9.17) is 32.4 Å². The molecule has 0 aliphatic rings. The van der Waals surface area contributed by atoms with Crippen molar-refractivity contribution in [1.82, 2.24) is 0 Å². The van der Waals surface area contributed by atoms with Gasteiger partial charge in [0.05, 0.1) is 28.4 Å². The minimum absolute atomic E-state index is 0.138. The largest absolute Gasteiger partial charge is 0.469 e. The van der Waals surface area contributed by atoms with Crippen molar-refractivity contribution in [2.24, 2.45) is 0 Å². The van der Waals surface area contributed by atoms with Crippen LogP contribution in [0.5, 0.6) is 0 Å². The van der Waals surface area contributed by atoms with Crippen molar-refractivity contribution in [1.29, 1.82) is 0 Å². The molecule has 22 heavy (non-hydrogen) atoms. The predicted molar refractivity (Wildman–Crippen MR) is 83.1 cm³/mol. The molecule has 0 aliphatic carbocycles. The number of furan rings is 1. The Bertz CT molecular complexity index is 656. The lowest BCUT2D eigenvalue weighted by Gasteiger charge is -2.08. The Morgan fingerprint density at radius 2 is 2.00 bits per heavy atom. The molecule has 0 bridgehead atoms. The summed E-state index contributed by atoms with van der Waals surface area (Å²) in [4.78, 5) is 23.2. The SMILES string of the molecule is O=C(COC(=O)CCc1ccco1)Nc1cccc(Cl)c1Cl. The second kappa shape index (κ2) is 7.87. The fraction of sp³-hybridized carbons (Fsp3) is 0.200. The van der Waals surface area contributed by atoms with E-state index in [-0.39, 0.29) is 18.1 Å². The first-order chi connectivity index (χ1) is 10.6. The van der Waals surface area contributed by atoms with Crippen LogP contribution in [0.2, 0.25) is 10.0 Å². The van der Waals surface area contributed by atoms with Crippen LogP contribution in [0, 0.1) is 0 Å². The summed E-state index contributed by atoms with van der Waals surface area (Å²) in [6.45, 7) is -0.389. The third-order valence-corrected chi connectivity index (χ3v) is 3.56. The third-order valence-electron chi connectivity index (χ3n) is 2.75. The number of benzene rings is 1. The van der Waals surface area contributed by atoms with Gasteiger partial charge in [-0.05, 0) is 24.3 Å². The molecule has 0 radical (unpaired) electrons. The van der Waals surface area contributed by atoms with Crippen LogP contribution in [-0.2, 0) is 20.7 Å². The molecule has 0 fully saturated rings. The standard InChI is InChI=1S/C15H13Cl2NO4/c16-11-4-1-5-12(15(11)17)18-13(19)9-22-14(20)7-6-10-3-2-8-21-10/h1-5,8H,6-7,9H2,(H,18,19). The molecule has 0 saturated carbocycles. The second-order valence-electron chi connectivity index (χ2n) is 4.39. The van der Waals surface area contributed by atoms with Crippen LogP contribution >= 0.6 is 23.2 Å². The molecule has 0 unspecified atom stereocenters. The molecule has 2 rings (SSSR count). The highest BCUT2D eigenvalue weighted by Gasteiger charge is 2.11. The van der Waals surface area contributed by atoms with Gasteiger partial charge in [-0.1, -0.05) is 29.3 Å². The monoisotopic (exact) mass is 341 g/mol. The summed E-state index contributed by atoms with van der Waals surface area (Å²) in [6.07, 6.45) is 2.09. The highest BCUT2D eigenvalue weighted by molar-refractivity contribution is 6.43. The van der Waals surface area contributed by atoms with Gasteiger partial charge in [-0.3, -0.25) is 9.59 Å². The summed E-state index contributed by atoms with van der Waals surface area (Å²) in [5.74, 6) is -0.286. The van der Waals surface area contributed by atoms with E-state index in [1.807, 2.05) is 0 Å². The molecule has 2 aromatic rings. The number of hydrogen-bond acceptors (Lipinski definition) is 4. The van der Waals surface area contributed by atoms with Crippen LogP contribution in [-0.4, -0.2) is 18.5 Å². The lowest BCUT2D eigenvalue weighted by molar-refractivity contribution is -0.147. The first-order valence-electron chi connectivity index (χ1n) is 6.48. The van der Waals surface area contributed by atoms with Gasteiger partial charge in [0.1, 0.15) is 5.76 Å². The van der Waals surface area contributed by atoms with Crippen LogP contribution in [0.15, 0.2) is 41.0 Å². The summed E-state index contributed by atoms with van der Waals surface area (Å²) >= 11 is 11.8. The maximum atomic E-state index is 11.7. The van der Waals surface area contributed by atoms with Crippen LogP contribution in [0.1, 0.15) is 12.2 Å². The molecule has 0 atom stereocenters. The topological polar surface area (TPSA) is 68.5 Å². The molecular weight excluding hydrogens is 329 g/mol. The zero-order valence-electron chi connectivity index (χ0n) is 11.5. The van der Waals surface area contributed by atoms with Gasteiger partial charge in [-0.15, -0.1) is 0 Å². The van der Waals surface area contributed by atoms with Gasteiger partial charge in [-0.2, -0.15) is 0 Å². The zero-order valence-corrected chi connectivity index (χ0v) is 13.0. The average Bonchev–Trinajstić information content (AvgIpc) is 3.01. The molecule has 1 N–H and O–H groups in total. The van der Waals surface area contributed by atoms with Crippen molar-refractivity contribution >= 4 is 40.8 Å². The van der Waals surface area contributed by atoms with Crippen molar-refractivity contribution in [2.75, 3.05) is 11.9 Å². The van der Waals surface area contributed by atoms with Crippen molar-refractivity contribution < 1.29 is 18.7 Å². The molecule has 1 aromatic heterocycles. The molecule has 116 valence electrons. The van der Waals surface area contributed by atoms with E-state index in [9.17, 15) is 9.59 Å². The zero-order chi connectivity index (χ0) is 15.9. The fourth-order valence-electron chi connectivity index (χ4n) is 1.68. The van der Waals surface area contributed by atoms with Crippen LogP contribution in [0.25, 0.3) is 0 Å². The Hall–Kier alpha value is -1.98. The molecule has 0 aliphatic heterocycles. The molecule has 7 heteroatoms. The fourth-order valence-corrected chi connectivity index (χ4v) is 2.03. The van der Waals surface area contributed by atoms with Crippen molar-refractivity contribution in [3.8, 4) is 0 Å². The van der Waals surface area contributed by atoms with Gasteiger partial charge in [0.15, 0.2) is 6.61 Å². The summed E-state index contributed by atoms with van der Waals surface area (Å²) < 4.78 is 9.97. The first kappa shape index (κ1) is 16.4. The van der Waals surface area contributed by atoms with Crippen LogP contribution in [0.3, 0.4) is 0 Å². The number of anilines is 1. The Morgan fingerprint density at radius 3 is 2.73 bits per heavy atom. The molecule has 1 heterocycles. The third kappa shape index (κ3) is 4.79. The summed E-state index contributed by atoms with van der Waals surface area (Å²) in [6, 6.07) is 8.36. The van der Waals surface area contributed by atoms with Crippen LogP contribution < -0.4 is 5.32 Å². The van der Waals surface area contributed by atoms with Gasteiger partial charge < -0.3 is 14.5 Å². The molecule has 1 amide bonds.